The first-order valence-corrected chi connectivity index (χ1v) is 5.77. The second-order valence-corrected chi connectivity index (χ2v) is 4.01. The van der Waals surface area contributed by atoms with Gasteiger partial charge in [0.15, 0.2) is 0 Å². The van der Waals surface area contributed by atoms with Crippen molar-refractivity contribution in [2.24, 2.45) is 0 Å². The average molecular weight is 238 g/mol. The summed E-state index contributed by atoms with van der Waals surface area (Å²) in [6.45, 7) is 0.843. The molecule has 0 unspecified atom stereocenters. The van der Waals surface area contributed by atoms with Crippen LogP contribution in [-0.2, 0) is 6.42 Å². The number of hydrogen-bond acceptors (Lipinski definition) is 4. The molecular weight excluding hydrogens is 224 g/mol. The fourth-order valence-corrected chi connectivity index (χ4v) is 1.62. The van der Waals surface area contributed by atoms with E-state index in [1.165, 1.54) is 0 Å². The zero-order valence-corrected chi connectivity index (χ0v) is 10.2. The summed E-state index contributed by atoms with van der Waals surface area (Å²) in [6.07, 6.45) is 4.26. The van der Waals surface area contributed by atoms with Crippen molar-refractivity contribution >= 4 is 5.82 Å². The molecule has 2 aromatic rings. The molecule has 90 valence electrons. The minimum atomic E-state index is 0.580. The predicted octanol–water partition coefficient (Wildman–Crippen LogP) is 2.03. The van der Waals surface area contributed by atoms with Gasteiger partial charge in [0.25, 0.3) is 0 Å². The van der Waals surface area contributed by atoms with Gasteiger partial charge in [-0.3, -0.25) is 4.98 Å². The van der Waals surface area contributed by atoms with E-state index in [4.69, 9.17) is 5.26 Å². The highest BCUT2D eigenvalue weighted by molar-refractivity contribution is 5.41. The Bertz CT molecular complexity index is 528. The van der Waals surface area contributed by atoms with Gasteiger partial charge in [0.1, 0.15) is 11.9 Å². The minimum Gasteiger partial charge on any atom is -0.359 e. The molecule has 0 amide bonds. The second kappa shape index (κ2) is 5.78. The Kier molecular flexibility index (Phi) is 3.87. The maximum absolute atomic E-state index is 8.71. The Labute approximate surface area is 107 Å². The molecule has 0 aliphatic rings. The molecule has 2 aromatic heterocycles. The summed E-state index contributed by atoms with van der Waals surface area (Å²) >= 11 is 0. The summed E-state index contributed by atoms with van der Waals surface area (Å²) in [7, 11) is 1.98. The van der Waals surface area contributed by atoms with E-state index in [0.29, 0.717) is 5.56 Å². The van der Waals surface area contributed by atoms with Crippen molar-refractivity contribution in [3.8, 4) is 6.07 Å². The van der Waals surface area contributed by atoms with Crippen LogP contribution in [0.2, 0.25) is 0 Å². The van der Waals surface area contributed by atoms with Crippen molar-refractivity contribution in [3.05, 3.63) is 54.0 Å². The summed E-state index contributed by atoms with van der Waals surface area (Å²) in [5, 5.41) is 8.71. The van der Waals surface area contributed by atoms with Gasteiger partial charge in [0.05, 0.1) is 5.56 Å². The van der Waals surface area contributed by atoms with Crippen molar-refractivity contribution in [2.75, 3.05) is 18.5 Å². The lowest BCUT2D eigenvalue weighted by atomic mass is 10.2. The van der Waals surface area contributed by atoms with Gasteiger partial charge in [-0.2, -0.15) is 5.26 Å². The number of rotatable bonds is 4. The van der Waals surface area contributed by atoms with Crippen LogP contribution < -0.4 is 4.90 Å². The topological polar surface area (TPSA) is 52.8 Å². The molecule has 2 heterocycles. The highest BCUT2D eigenvalue weighted by Gasteiger charge is 2.03. The maximum Gasteiger partial charge on any atom is 0.128 e. The van der Waals surface area contributed by atoms with E-state index in [0.717, 1.165) is 24.5 Å². The summed E-state index contributed by atoms with van der Waals surface area (Å²) < 4.78 is 0. The van der Waals surface area contributed by atoms with Crippen LogP contribution in [0.4, 0.5) is 5.82 Å². The molecule has 0 radical (unpaired) electrons. The molecule has 0 bridgehead atoms. The third-order valence-corrected chi connectivity index (χ3v) is 2.70. The van der Waals surface area contributed by atoms with Crippen molar-refractivity contribution in [1.82, 2.24) is 9.97 Å². The first-order valence-electron chi connectivity index (χ1n) is 5.77. The number of nitrogens with zero attached hydrogens (tertiary/aromatic N) is 4. The zero-order valence-electron chi connectivity index (χ0n) is 10.2. The molecule has 0 aliphatic heterocycles. The summed E-state index contributed by atoms with van der Waals surface area (Å²) in [4.78, 5) is 10.6. The van der Waals surface area contributed by atoms with Crippen molar-refractivity contribution in [2.45, 2.75) is 6.42 Å². The molecule has 0 aliphatic carbocycles. The number of likely N-dealkylation sites (N-methyl/N-ethyl adjacent to an activating group) is 1. The standard InChI is InChI=1S/C14H14N4/c1-18(9-7-13-4-2-3-8-16-13)14-6-5-12(10-15)11-17-14/h2-6,8,11H,7,9H2,1H3. The summed E-state index contributed by atoms with van der Waals surface area (Å²) in [5.41, 5.74) is 1.65. The van der Waals surface area contributed by atoms with E-state index >= 15 is 0 Å². The molecule has 0 saturated heterocycles. The molecule has 18 heavy (non-hydrogen) atoms. The molecule has 2 rings (SSSR count). The number of anilines is 1. The lowest BCUT2D eigenvalue weighted by molar-refractivity contribution is 0.839. The van der Waals surface area contributed by atoms with Crippen LogP contribution >= 0.6 is 0 Å². The van der Waals surface area contributed by atoms with Crippen LogP contribution in [0.25, 0.3) is 0 Å². The Balaban J connectivity index is 1.95. The van der Waals surface area contributed by atoms with Gasteiger partial charge < -0.3 is 4.90 Å². The molecule has 0 saturated carbocycles. The van der Waals surface area contributed by atoms with E-state index in [9.17, 15) is 0 Å². The predicted molar refractivity (Wildman–Crippen MR) is 70.2 cm³/mol. The monoisotopic (exact) mass is 238 g/mol. The third kappa shape index (κ3) is 3.05. The van der Waals surface area contributed by atoms with Crippen LogP contribution in [-0.4, -0.2) is 23.6 Å². The number of pyridine rings is 2. The van der Waals surface area contributed by atoms with Crippen molar-refractivity contribution in [3.63, 3.8) is 0 Å². The molecule has 0 spiro atoms. The van der Waals surface area contributed by atoms with Gasteiger partial charge in [0.2, 0.25) is 0 Å². The molecular formula is C14H14N4. The largest absolute Gasteiger partial charge is 0.359 e. The lowest BCUT2D eigenvalue weighted by Crippen LogP contribution is -2.21. The van der Waals surface area contributed by atoms with E-state index in [-0.39, 0.29) is 0 Å². The Hall–Kier alpha value is -2.41. The molecule has 4 nitrogen and oxygen atoms in total. The van der Waals surface area contributed by atoms with Gasteiger partial charge in [0, 0.05) is 38.1 Å². The van der Waals surface area contributed by atoms with E-state index in [2.05, 4.69) is 20.9 Å². The van der Waals surface area contributed by atoms with Gasteiger partial charge in [-0.25, -0.2) is 4.98 Å². The number of aromatic nitrogens is 2. The van der Waals surface area contributed by atoms with Gasteiger partial charge >= 0.3 is 0 Å². The lowest BCUT2D eigenvalue weighted by Gasteiger charge is -2.17. The highest BCUT2D eigenvalue weighted by atomic mass is 15.2. The first kappa shape index (κ1) is 12.1. The quantitative estimate of drug-likeness (QED) is 0.817. The fraction of sp³-hybridized carbons (Fsp3) is 0.214. The number of hydrogen-bond donors (Lipinski definition) is 0. The number of nitriles is 1. The van der Waals surface area contributed by atoms with Crippen LogP contribution in [0.15, 0.2) is 42.7 Å². The normalized spacial score (nSPS) is 9.78. The van der Waals surface area contributed by atoms with Gasteiger partial charge in [-0.05, 0) is 24.3 Å². The van der Waals surface area contributed by atoms with Gasteiger partial charge in [-0.1, -0.05) is 6.07 Å². The van der Waals surface area contributed by atoms with Crippen LogP contribution in [0.5, 0.6) is 0 Å². The van der Waals surface area contributed by atoms with Crippen LogP contribution in [0.3, 0.4) is 0 Å². The second-order valence-electron chi connectivity index (χ2n) is 4.01. The van der Waals surface area contributed by atoms with E-state index in [1.54, 1.807) is 18.5 Å². The first-order chi connectivity index (χ1) is 8.79. The van der Waals surface area contributed by atoms with Crippen molar-refractivity contribution in [1.29, 1.82) is 5.26 Å². The van der Waals surface area contributed by atoms with E-state index < -0.39 is 0 Å². The molecule has 0 atom stereocenters. The Morgan fingerprint density at radius 3 is 2.72 bits per heavy atom. The fourth-order valence-electron chi connectivity index (χ4n) is 1.62. The Morgan fingerprint density at radius 1 is 1.22 bits per heavy atom. The molecule has 0 aromatic carbocycles. The SMILES string of the molecule is CN(CCc1ccccn1)c1ccc(C#N)cn1. The summed E-state index contributed by atoms with van der Waals surface area (Å²) in [5.74, 6) is 0.866. The van der Waals surface area contributed by atoms with Crippen LogP contribution in [0, 0.1) is 11.3 Å². The van der Waals surface area contributed by atoms with Crippen molar-refractivity contribution < 1.29 is 0 Å². The highest BCUT2D eigenvalue weighted by Crippen LogP contribution is 2.09. The maximum atomic E-state index is 8.71. The third-order valence-electron chi connectivity index (χ3n) is 2.70. The van der Waals surface area contributed by atoms with Crippen LogP contribution in [0.1, 0.15) is 11.3 Å². The molecule has 0 fully saturated rings. The zero-order chi connectivity index (χ0) is 12.8. The van der Waals surface area contributed by atoms with Gasteiger partial charge in [-0.15, -0.1) is 0 Å². The average Bonchev–Trinajstić information content (AvgIpc) is 2.46. The summed E-state index contributed by atoms with van der Waals surface area (Å²) in [6, 6.07) is 11.6. The molecule has 0 N–H and O–H groups in total. The Morgan fingerprint density at radius 2 is 2.11 bits per heavy atom. The minimum absolute atomic E-state index is 0.580. The smallest absolute Gasteiger partial charge is 0.128 e. The molecule has 4 heteroatoms. The van der Waals surface area contributed by atoms with E-state index in [1.807, 2.05) is 31.3 Å².